The third-order valence-electron chi connectivity index (χ3n) is 5.45. The molecular formula is C21H35N7S. The Morgan fingerprint density at radius 2 is 1.93 bits per heavy atom. The summed E-state index contributed by atoms with van der Waals surface area (Å²) in [5.41, 5.74) is 0. The highest BCUT2D eigenvalue weighted by Crippen LogP contribution is 2.10. The number of likely N-dealkylation sites (tertiary alicyclic amines) is 1. The molecule has 3 rings (SSSR count). The molecule has 2 aromatic rings. The van der Waals surface area contributed by atoms with Crippen LogP contribution in [-0.4, -0.2) is 58.3 Å². The highest BCUT2D eigenvalue weighted by Gasteiger charge is 2.09. The maximum atomic E-state index is 4.75. The van der Waals surface area contributed by atoms with E-state index in [1.807, 2.05) is 18.5 Å². The molecule has 1 saturated heterocycles. The fourth-order valence-electron chi connectivity index (χ4n) is 3.54. The summed E-state index contributed by atoms with van der Waals surface area (Å²) in [5, 5.41) is 17.5. The van der Waals surface area contributed by atoms with Crippen LogP contribution in [0, 0.1) is 6.92 Å². The van der Waals surface area contributed by atoms with Crippen molar-refractivity contribution >= 4 is 17.3 Å². The van der Waals surface area contributed by atoms with Crippen molar-refractivity contribution in [1.29, 1.82) is 0 Å². The number of aryl methyl sites for hydroxylation is 1. The lowest BCUT2D eigenvalue weighted by molar-refractivity contribution is 0.282. The Kier molecular flexibility index (Phi) is 8.95. The Balaban J connectivity index is 1.47. The van der Waals surface area contributed by atoms with Gasteiger partial charge in [-0.2, -0.15) is 0 Å². The van der Waals surface area contributed by atoms with Gasteiger partial charge in [0.15, 0.2) is 11.8 Å². The van der Waals surface area contributed by atoms with Crippen LogP contribution in [0.4, 0.5) is 0 Å². The smallest absolute Gasteiger partial charge is 0.191 e. The minimum atomic E-state index is 0.526. The van der Waals surface area contributed by atoms with E-state index in [4.69, 9.17) is 4.99 Å². The minimum Gasteiger partial charge on any atom is -0.356 e. The number of nitrogens with zero attached hydrogens (tertiary/aromatic N) is 5. The first kappa shape index (κ1) is 21.8. The van der Waals surface area contributed by atoms with Gasteiger partial charge in [0.1, 0.15) is 12.4 Å². The molecule has 2 aromatic heterocycles. The molecular weight excluding hydrogens is 382 g/mol. The molecule has 29 heavy (non-hydrogen) atoms. The summed E-state index contributed by atoms with van der Waals surface area (Å²) in [7, 11) is 1.98. The van der Waals surface area contributed by atoms with Gasteiger partial charge in [-0.1, -0.05) is 18.9 Å². The summed E-state index contributed by atoms with van der Waals surface area (Å²) in [6.07, 6.45) is 7.62. The van der Waals surface area contributed by atoms with Gasteiger partial charge in [-0.15, -0.1) is 21.5 Å². The molecule has 1 fully saturated rings. The maximum absolute atomic E-state index is 4.75. The number of aromatic nitrogens is 3. The van der Waals surface area contributed by atoms with Gasteiger partial charge in [0.2, 0.25) is 0 Å². The fraction of sp³-hybridized carbons (Fsp3) is 0.667. The van der Waals surface area contributed by atoms with Gasteiger partial charge in [-0.3, -0.25) is 0 Å². The Morgan fingerprint density at radius 3 is 2.62 bits per heavy atom. The third-order valence-corrected chi connectivity index (χ3v) is 6.38. The molecule has 7 nitrogen and oxygen atoms in total. The lowest BCUT2D eigenvalue weighted by Gasteiger charge is -2.20. The van der Waals surface area contributed by atoms with Crippen LogP contribution < -0.4 is 10.6 Å². The van der Waals surface area contributed by atoms with Crippen molar-refractivity contribution in [1.82, 2.24) is 30.3 Å². The minimum absolute atomic E-state index is 0.526. The molecule has 3 heterocycles. The lowest BCUT2D eigenvalue weighted by atomic mass is 10.2. The van der Waals surface area contributed by atoms with Crippen molar-refractivity contribution in [3.63, 3.8) is 0 Å². The highest BCUT2D eigenvalue weighted by atomic mass is 32.1. The summed E-state index contributed by atoms with van der Waals surface area (Å²) in [6, 6.07) is 4.28. The van der Waals surface area contributed by atoms with Crippen LogP contribution >= 0.6 is 11.3 Å². The first-order valence-corrected chi connectivity index (χ1v) is 11.7. The summed E-state index contributed by atoms with van der Waals surface area (Å²) in [6.45, 7) is 7.96. The first-order valence-electron chi connectivity index (χ1n) is 10.8. The van der Waals surface area contributed by atoms with E-state index in [1.54, 1.807) is 11.3 Å². The van der Waals surface area contributed by atoms with Crippen LogP contribution in [-0.2, 0) is 20.0 Å². The summed E-state index contributed by atoms with van der Waals surface area (Å²) in [5.74, 6) is 2.65. The molecule has 0 unspecified atom stereocenters. The first-order chi connectivity index (χ1) is 14.2. The van der Waals surface area contributed by atoms with Gasteiger partial charge < -0.3 is 20.1 Å². The van der Waals surface area contributed by atoms with Crippen molar-refractivity contribution in [3.8, 4) is 0 Å². The molecule has 160 valence electrons. The largest absolute Gasteiger partial charge is 0.356 e. The van der Waals surface area contributed by atoms with Gasteiger partial charge in [-0.05, 0) is 63.7 Å². The Bertz CT molecular complexity index is 730. The molecule has 0 amide bonds. The van der Waals surface area contributed by atoms with Crippen molar-refractivity contribution < 1.29 is 0 Å². The second-order valence-corrected chi connectivity index (χ2v) is 8.71. The molecule has 0 radical (unpaired) electrons. The molecule has 0 atom stereocenters. The summed E-state index contributed by atoms with van der Waals surface area (Å²) < 4.78 is 1.99. The van der Waals surface area contributed by atoms with Crippen LogP contribution in [0.15, 0.2) is 22.5 Å². The van der Waals surface area contributed by atoms with E-state index < -0.39 is 0 Å². The molecule has 0 bridgehead atoms. The van der Waals surface area contributed by atoms with Gasteiger partial charge in [0.05, 0.1) is 0 Å². The Labute approximate surface area is 178 Å². The molecule has 0 aliphatic carbocycles. The number of aliphatic imine (C=N–C) groups is 1. The van der Waals surface area contributed by atoms with E-state index in [9.17, 15) is 0 Å². The number of hydrogen-bond donors (Lipinski definition) is 2. The zero-order valence-electron chi connectivity index (χ0n) is 17.9. The van der Waals surface area contributed by atoms with Gasteiger partial charge in [0, 0.05) is 25.0 Å². The topological polar surface area (TPSA) is 70.4 Å². The summed E-state index contributed by atoms with van der Waals surface area (Å²) in [4.78, 5) is 8.75. The van der Waals surface area contributed by atoms with Crippen molar-refractivity contribution in [3.05, 3.63) is 34.0 Å². The second-order valence-electron chi connectivity index (χ2n) is 7.68. The normalized spacial score (nSPS) is 16.0. The van der Waals surface area contributed by atoms with Crippen LogP contribution in [0.1, 0.15) is 48.6 Å². The molecule has 2 N–H and O–H groups in total. The molecule has 1 aliphatic heterocycles. The number of hydrogen-bond acceptors (Lipinski definition) is 5. The van der Waals surface area contributed by atoms with E-state index in [0.29, 0.717) is 6.54 Å². The zero-order valence-corrected chi connectivity index (χ0v) is 18.7. The van der Waals surface area contributed by atoms with Crippen LogP contribution in [0.2, 0.25) is 0 Å². The van der Waals surface area contributed by atoms with Crippen molar-refractivity contribution in [2.24, 2.45) is 12.0 Å². The fourth-order valence-corrected chi connectivity index (χ4v) is 4.25. The molecule has 1 aliphatic rings. The van der Waals surface area contributed by atoms with E-state index >= 15 is 0 Å². The molecule has 8 heteroatoms. The second kappa shape index (κ2) is 11.9. The van der Waals surface area contributed by atoms with E-state index in [1.165, 1.54) is 43.6 Å². The van der Waals surface area contributed by atoms with Gasteiger partial charge in [-0.25, -0.2) is 4.99 Å². The monoisotopic (exact) mass is 417 g/mol. The maximum Gasteiger partial charge on any atom is 0.191 e. The third kappa shape index (κ3) is 7.44. The average Bonchev–Trinajstić information content (AvgIpc) is 3.26. The molecule has 0 saturated carbocycles. The number of nitrogens with one attached hydrogen (secondary N) is 2. The number of thiophene rings is 1. The Morgan fingerprint density at radius 1 is 1.14 bits per heavy atom. The predicted octanol–water partition coefficient (Wildman–Crippen LogP) is 2.73. The molecule has 0 spiro atoms. The van der Waals surface area contributed by atoms with Crippen LogP contribution in [0.3, 0.4) is 0 Å². The quantitative estimate of drug-likeness (QED) is 0.373. The van der Waals surface area contributed by atoms with Crippen LogP contribution in [0.25, 0.3) is 0 Å². The average molecular weight is 418 g/mol. The van der Waals surface area contributed by atoms with E-state index in [2.05, 4.69) is 43.2 Å². The predicted molar refractivity (Wildman–Crippen MR) is 120 cm³/mol. The Hall–Kier alpha value is -1.93. The number of guanidine groups is 1. The standard InChI is InChI=1S/C21H35N7S/c1-18-25-26-20(27(18)2)17-24-21(23-12-10-19-9-7-16-29-19)22-11-8-15-28-13-5-3-4-6-14-28/h7,9,16H,3-6,8,10-15,17H2,1-2H3,(H2,22,23,24). The van der Waals surface area contributed by atoms with Gasteiger partial charge in [0.25, 0.3) is 0 Å². The van der Waals surface area contributed by atoms with Gasteiger partial charge >= 0.3 is 0 Å². The van der Waals surface area contributed by atoms with E-state index in [-0.39, 0.29) is 0 Å². The molecule has 0 aromatic carbocycles. The van der Waals surface area contributed by atoms with Crippen LogP contribution in [0.5, 0.6) is 0 Å². The lowest BCUT2D eigenvalue weighted by Crippen LogP contribution is -2.40. The summed E-state index contributed by atoms with van der Waals surface area (Å²) >= 11 is 1.80. The SMILES string of the molecule is Cc1nnc(CN=C(NCCCN2CCCCCC2)NCCc2cccs2)n1C. The zero-order chi connectivity index (χ0) is 20.3. The van der Waals surface area contributed by atoms with Crippen molar-refractivity contribution in [2.75, 3.05) is 32.7 Å². The number of rotatable bonds is 9. The van der Waals surface area contributed by atoms with Crippen molar-refractivity contribution in [2.45, 2.75) is 52.0 Å². The highest BCUT2D eigenvalue weighted by molar-refractivity contribution is 7.09. The van der Waals surface area contributed by atoms with E-state index in [0.717, 1.165) is 50.1 Å².